The number of anilines is 1. The summed E-state index contributed by atoms with van der Waals surface area (Å²) in [6.45, 7) is 3.99. The summed E-state index contributed by atoms with van der Waals surface area (Å²) in [5.41, 5.74) is 4.08. The lowest BCUT2D eigenvalue weighted by Crippen LogP contribution is -2.40. The molecule has 1 unspecified atom stereocenters. The van der Waals surface area contributed by atoms with Gasteiger partial charge in [0.15, 0.2) is 9.84 Å². The third-order valence-electron chi connectivity index (χ3n) is 6.67. The van der Waals surface area contributed by atoms with Gasteiger partial charge >= 0.3 is 0 Å². The van der Waals surface area contributed by atoms with Crippen LogP contribution in [0.3, 0.4) is 0 Å². The van der Waals surface area contributed by atoms with Gasteiger partial charge in [0.05, 0.1) is 10.6 Å². The van der Waals surface area contributed by atoms with E-state index in [-0.39, 0.29) is 11.0 Å². The van der Waals surface area contributed by atoms with Crippen LogP contribution >= 0.6 is 0 Å². The molecule has 5 rings (SSSR count). The second-order valence-electron chi connectivity index (χ2n) is 8.90. The molecule has 0 radical (unpaired) electrons. The van der Waals surface area contributed by atoms with Crippen LogP contribution in [0, 0.1) is 5.92 Å². The van der Waals surface area contributed by atoms with Crippen molar-refractivity contribution in [3.05, 3.63) is 60.0 Å². The van der Waals surface area contributed by atoms with E-state index in [1.807, 2.05) is 24.5 Å². The number of sulfone groups is 1. The molecular weight excluding hydrogens is 436 g/mol. The number of hydrogen-bond donors (Lipinski definition) is 0. The molecule has 0 aliphatic carbocycles. The average molecular weight is 465 g/mol. The van der Waals surface area contributed by atoms with E-state index in [1.165, 1.54) is 18.0 Å². The first-order chi connectivity index (χ1) is 15.9. The summed E-state index contributed by atoms with van der Waals surface area (Å²) in [7, 11) is -3.25. The summed E-state index contributed by atoms with van der Waals surface area (Å²) >= 11 is 0. The van der Waals surface area contributed by atoms with Gasteiger partial charge in [-0.2, -0.15) is 0 Å². The molecular formula is C25H28N4O3S. The van der Waals surface area contributed by atoms with Gasteiger partial charge < -0.3 is 9.64 Å². The quantitative estimate of drug-likeness (QED) is 0.569. The molecule has 0 spiro atoms. The third-order valence-corrected chi connectivity index (χ3v) is 7.77. The molecule has 0 N–H and O–H groups in total. The molecule has 4 heterocycles. The van der Waals surface area contributed by atoms with Crippen LogP contribution in [0.5, 0.6) is 5.75 Å². The molecule has 1 atom stereocenters. The first-order valence-electron chi connectivity index (χ1n) is 11.4. The number of piperidine rings is 1. The van der Waals surface area contributed by atoms with Crippen LogP contribution in [0.2, 0.25) is 0 Å². The summed E-state index contributed by atoms with van der Waals surface area (Å²) in [5.74, 6) is 2.26. The summed E-state index contributed by atoms with van der Waals surface area (Å²) in [5, 5.41) is 0. The van der Waals surface area contributed by atoms with Crippen molar-refractivity contribution in [3.8, 4) is 17.0 Å². The van der Waals surface area contributed by atoms with Crippen LogP contribution in [0.4, 0.5) is 5.95 Å². The normalized spacial score (nSPS) is 18.7. The predicted octanol–water partition coefficient (Wildman–Crippen LogP) is 3.72. The second kappa shape index (κ2) is 8.74. The predicted molar refractivity (Wildman–Crippen MR) is 127 cm³/mol. The van der Waals surface area contributed by atoms with E-state index in [2.05, 4.69) is 32.8 Å². The van der Waals surface area contributed by atoms with Crippen molar-refractivity contribution in [2.75, 3.05) is 24.2 Å². The fourth-order valence-corrected chi connectivity index (χ4v) is 5.19. The Morgan fingerprint density at radius 2 is 1.79 bits per heavy atom. The number of pyridine rings is 1. The lowest BCUT2D eigenvalue weighted by molar-refractivity contribution is 0.138. The van der Waals surface area contributed by atoms with E-state index in [4.69, 9.17) is 4.74 Å². The van der Waals surface area contributed by atoms with Crippen LogP contribution < -0.4 is 9.64 Å². The Balaban J connectivity index is 1.23. The Morgan fingerprint density at radius 1 is 1.03 bits per heavy atom. The van der Waals surface area contributed by atoms with Crippen molar-refractivity contribution in [2.45, 2.75) is 43.6 Å². The maximum absolute atomic E-state index is 11.7. The minimum atomic E-state index is -3.25. The number of rotatable bonds is 5. The fraction of sp³-hybridized carbons (Fsp3) is 0.400. The summed E-state index contributed by atoms with van der Waals surface area (Å²) in [6.07, 6.45) is 10.6. The number of aryl methyl sites for hydroxylation is 1. The first kappa shape index (κ1) is 21.8. The lowest BCUT2D eigenvalue weighted by atomic mass is 9.89. The Hall–Kier alpha value is -3.00. The standard InChI is InChI=1S/C25H28N4O3S/c1-3-17-14-27-25(28-15-17)29-10-8-18(9-11-29)24-13-20-12-19(4-7-23(20)32-24)22-6-5-21(16-26-22)33(2,30)31/h4-7,12,14-16,18,24H,3,8-11,13H2,1-2H3. The fourth-order valence-electron chi connectivity index (χ4n) is 4.63. The molecule has 0 amide bonds. The van der Waals surface area contributed by atoms with E-state index in [0.29, 0.717) is 5.92 Å². The van der Waals surface area contributed by atoms with Crippen LogP contribution in [-0.4, -0.2) is 48.8 Å². The van der Waals surface area contributed by atoms with Crippen LogP contribution in [0.15, 0.2) is 53.8 Å². The van der Waals surface area contributed by atoms with Gasteiger partial charge in [-0.1, -0.05) is 6.92 Å². The molecule has 0 bridgehead atoms. The van der Waals surface area contributed by atoms with Crippen molar-refractivity contribution in [3.63, 3.8) is 0 Å². The van der Waals surface area contributed by atoms with E-state index >= 15 is 0 Å². The minimum Gasteiger partial charge on any atom is -0.490 e. The Bertz CT molecular complexity index is 1240. The smallest absolute Gasteiger partial charge is 0.225 e. The zero-order valence-electron chi connectivity index (χ0n) is 18.9. The number of nitrogens with zero attached hydrogens (tertiary/aromatic N) is 4. The summed E-state index contributed by atoms with van der Waals surface area (Å²) in [4.78, 5) is 15.9. The lowest BCUT2D eigenvalue weighted by Gasteiger charge is -2.34. The van der Waals surface area contributed by atoms with Gasteiger partial charge in [-0.3, -0.25) is 4.98 Å². The van der Waals surface area contributed by atoms with Crippen LogP contribution in [0.25, 0.3) is 11.3 Å². The van der Waals surface area contributed by atoms with Gasteiger partial charge in [0.25, 0.3) is 0 Å². The Labute approximate surface area is 194 Å². The molecule has 0 saturated carbocycles. The third kappa shape index (κ3) is 4.57. The number of hydrogen-bond acceptors (Lipinski definition) is 7. The van der Waals surface area contributed by atoms with Crippen molar-refractivity contribution < 1.29 is 13.2 Å². The molecule has 172 valence electrons. The molecule has 33 heavy (non-hydrogen) atoms. The molecule has 7 nitrogen and oxygen atoms in total. The highest BCUT2D eigenvalue weighted by molar-refractivity contribution is 7.90. The highest BCUT2D eigenvalue weighted by atomic mass is 32.2. The zero-order chi connectivity index (χ0) is 23.0. The molecule has 2 aromatic heterocycles. The van der Waals surface area contributed by atoms with E-state index < -0.39 is 9.84 Å². The van der Waals surface area contributed by atoms with E-state index in [1.54, 1.807) is 12.1 Å². The highest BCUT2D eigenvalue weighted by Crippen LogP contribution is 2.37. The van der Waals surface area contributed by atoms with Gasteiger partial charge in [-0.15, -0.1) is 0 Å². The highest BCUT2D eigenvalue weighted by Gasteiger charge is 2.33. The van der Waals surface area contributed by atoms with Crippen LogP contribution in [0.1, 0.15) is 30.9 Å². The monoisotopic (exact) mass is 464 g/mol. The molecule has 1 saturated heterocycles. The number of ether oxygens (including phenoxy) is 1. The van der Waals surface area contributed by atoms with Crippen molar-refractivity contribution in [1.29, 1.82) is 0 Å². The molecule has 8 heteroatoms. The number of fused-ring (bicyclic) bond motifs is 1. The van der Waals surface area contributed by atoms with E-state index in [0.717, 1.165) is 67.3 Å². The zero-order valence-corrected chi connectivity index (χ0v) is 19.8. The van der Waals surface area contributed by atoms with Gasteiger partial charge in [0.2, 0.25) is 5.95 Å². The summed E-state index contributed by atoms with van der Waals surface area (Å²) < 4.78 is 29.7. The molecule has 2 aliphatic rings. The maximum atomic E-state index is 11.7. The van der Waals surface area contributed by atoms with E-state index in [9.17, 15) is 8.42 Å². The minimum absolute atomic E-state index is 0.182. The number of aromatic nitrogens is 3. The average Bonchev–Trinajstić information content (AvgIpc) is 3.27. The van der Waals surface area contributed by atoms with Crippen molar-refractivity contribution in [1.82, 2.24) is 15.0 Å². The topological polar surface area (TPSA) is 85.3 Å². The molecule has 3 aromatic rings. The summed E-state index contributed by atoms with van der Waals surface area (Å²) in [6, 6.07) is 9.49. The Morgan fingerprint density at radius 3 is 2.42 bits per heavy atom. The largest absolute Gasteiger partial charge is 0.490 e. The number of benzene rings is 1. The second-order valence-corrected chi connectivity index (χ2v) is 10.9. The van der Waals surface area contributed by atoms with Crippen molar-refractivity contribution in [2.24, 2.45) is 5.92 Å². The maximum Gasteiger partial charge on any atom is 0.225 e. The van der Waals surface area contributed by atoms with Crippen molar-refractivity contribution >= 4 is 15.8 Å². The van der Waals surface area contributed by atoms with Gasteiger partial charge in [-0.25, -0.2) is 18.4 Å². The van der Waals surface area contributed by atoms with Crippen LogP contribution in [-0.2, 0) is 22.7 Å². The SMILES string of the molecule is CCc1cnc(N2CCC(C3Cc4cc(-c5ccc(S(C)(=O)=O)cn5)ccc4O3)CC2)nc1. The van der Waals surface area contributed by atoms with Gasteiger partial charge in [0.1, 0.15) is 11.9 Å². The molecule has 1 fully saturated rings. The van der Waals surface area contributed by atoms with Gasteiger partial charge in [0, 0.05) is 49.9 Å². The molecule has 2 aliphatic heterocycles. The molecule has 1 aromatic carbocycles. The van der Waals surface area contributed by atoms with Gasteiger partial charge in [-0.05, 0) is 66.6 Å². The Kier molecular flexibility index (Phi) is 5.78. The first-order valence-corrected chi connectivity index (χ1v) is 13.3.